The molecule has 0 aromatic heterocycles. The number of nitrogens with two attached hydrogens (primary N) is 2. The lowest BCUT2D eigenvalue weighted by molar-refractivity contribution is -0.145. The van der Waals surface area contributed by atoms with Crippen LogP contribution < -0.4 is 27.4 Å². The van der Waals surface area contributed by atoms with Crippen LogP contribution in [0.1, 0.15) is 47.0 Å². The molecule has 12 nitrogen and oxygen atoms in total. The van der Waals surface area contributed by atoms with Gasteiger partial charge in [-0.25, -0.2) is 4.79 Å². The maximum Gasteiger partial charge on any atom is 0.328 e. The van der Waals surface area contributed by atoms with Crippen LogP contribution in [-0.4, -0.2) is 70.1 Å². The number of aliphatic hydroxyl groups excluding tert-OH is 1. The summed E-state index contributed by atoms with van der Waals surface area (Å²) in [6, 6.07) is -4.80. The summed E-state index contributed by atoms with van der Waals surface area (Å²) in [5, 5.41) is 25.4. The standard InChI is InChI=1S/C18H33N5O7/c1-5-8(2)13(20)17(28)22-11(6-7-12(19)25)16(27)21-9(3)15(26)23-14(10(4)24)18(29)30/h8-11,13-14,24H,5-7,20H2,1-4H3,(H2,19,25)(H,21,27)(H,22,28)(H,23,26)(H,29,30). The molecular weight excluding hydrogens is 398 g/mol. The number of hydrogen-bond donors (Lipinski definition) is 7. The van der Waals surface area contributed by atoms with Gasteiger partial charge in [0.25, 0.3) is 0 Å². The molecule has 0 saturated carbocycles. The van der Waals surface area contributed by atoms with Crippen molar-refractivity contribution in [2.24, 2.45) is 17.4 Å². The molecule has 0 aromatic carbocycles. The van der Waals surface area contributed by atoms with Gasteiger partial charge in [-0.2, -0.15) is 0 Å². The first kappa shape index (κ1) is 27.3. The molecule has 0 bridgehead atoms. The van der Waals surface area contributed by atoms with Crippen molar-refractivity contribution in [3.05, 3.63) is 0 Å². The van der Waals surface area contributed by atoms with Crippen molar-refractivity contribution in [3.8, 4) is 0 Å². The van der Waals surface area contributed by atoms with Gasteiger partial charge in [0.1, 0.15) is 12.1 Å². The van der Waals surface area contributed by atoms with E-state index in [1.807, 2.05) is 6.92 Å². The van der Waals surface area contributed by atoms with Gasteiger partial charge in [0.15, 0.2) is 6.04 Å². The quantitative estimate of drug-likeness (QED) is 0.166. The Hall–Kier alpha value is -2.73. The lowest BCUT2D eigenvalue weighted by atomic mass is 9.98. The molecule has 9 N–H and O–H groups in total. The molecule has 0 radical (unpaired) electrons. The van der Waals surface area contributed by atoms with Gasteiger partial charge in [0, 0.05) is 6.42 Å². The molecule has 0 heterocycles. The molecule has 0 aliphatic carbocycles. The predicted molar refractivity (Wildman–Crippen MR) is 107 cm³/mol. The highest BCUT2D eigenvalue weighted by Crippen LogP contribution is 2.07. The van der Waals surface area contributed by atoms with Crippen LogP contribution in [0.4, 0.5) is 0 Å². The van der Waals surface area contributed by atoms with E-state index in [1.165, 1.54) is 13.8 Å². The minimum Gasteiger partial charge on any atom is -0.480 e. The summed E-state index contributed by atoms with van der Waals surface area (Å²) < 4.78 is 0. The average Bonchev–Trinajstić information content (AvgIpc) is 2.66. The van der Waals surface area contributed by atoms with Gasteiger partial charge in [0.2, 0.25) is 23.6 Å². The fourth-order valence-corrected chi connectivity index (χ4v) is 2.38. The number of carbonyl (C=O) groups is 5. The summed E-state index contributed by atoms with van der Waals surface area (Å²) >= 11 is 0. The van der Waals surface area contributed by atoms with E-state index < -0.39 is 59.9 Å². The predicted octanol–water partition coefficient (Wildman–Crippen LogP) is -2.43. The molecule has 6 atom stereocenters. The van der Waals surface area contributed by atoms with Crippen LogP contribution in [0.3, 0.4) is 0 Å². The van der Waals surface area contributed by atoms with Crippen molar-refractivity contribution in [2.75, 3.05) is 0 Å². The maximum atomic E-state index is 12.6. The van der Waals surface area contributed by atoms with E-state index in [1.54, 1.807) is 6.92 Å². The van der Waals surface area contributed by atoms with E-state index in [-0.39, 0.29) is 18.8 Å². The van der Waals surface area contributed by atoms with E-state index >= 15 is 0 Å². The molecule has 12 heteroatoms. The zero-order chi connectivity index (χ0) is 23.6. The molecule has 0 saturated heterocycles. The number of rotatable bonds is 13. The van der Waals surface area contributed by atoms with E-state index in [0.717, 1.165) is 0 Å². The fourth-order valence-electron chi connectivity index (χ4n) is 2.38. The van der Waals surface area contributed by atoms with E-state index in [9.17, 15) is 29.1 Å². The number of aliphatic hydroxyl groups is 1. The van der Waals surface area contributed by atoms with Crippen molar-refractivity contribution in [1.82, 2.24) is 16.0 Å². The van der Waals surface area contributed by atoms with Gasteiger partial charge < -0.3 is 37.6 Å². The second-order valence-corrected chi connectivity index (χ2v) is 7.27. The van der Waals surface area contributed by atoms with Gasteiger partial charge in [-0.3, -0.25) is 19.2 Å². The van der Waals surface area contributed by atoms with E-state index in [4.69, 9.17) is 16.6 Å². The highest BCUT2D eigenvalue weighted by atomic mass is 16.4. The average molecular weight is 431 g/mol. The Morgan fingerprint density at radius 3 is 1.93 bits per heavy atom. The first-order chi connectivity index (χ1) is 13.8. The largest absolute Gasteiger partial charge is 0.480 e. The van der Waals surface area contributed by atoms with Crippen LogP contribution in [0.25, 0.3) is 0 Å². The zero-order valence-corrected chi connectivity index (χ0v) is 17.7. The third kappa shape index (κ3) is 9.18. The first-order valence-corrected chi connectivity index (χ1v) is 9.67. The molecule has 0 spiro atoms. The highest BCUT2D eigenvalue weighted by molar-refractivity contribution is 5.94. The minimum absolute atomic E-state index is 0.111. The Morgan fingerprint density at radius 1 is 0.933 bits per heavy atom. The molecule has 0 aliphatic heterocycles. The monoisotopic (exact) mass is 431 g/mol. The number of hydrogen-bond acceptors (Lipinski definition) is 7. The summed E-state index contributed by atoms with van der Waals surface area (Å²) in [5.41, 5.74) is 11.0. The number of carboxylic acids is 1. The molecule has 172 valence electrons. The maximum absolute atomic E-state index is 12.6. The topological polar surface area (TPSA) is 214 Å². The zero-order valence-electron chi connectivity index (χ0n) is 17.7. The van der Waals surface area contributed by atoms with Crippen LogP contribution in [0, 0.1) is 5.92 Å². The Balaban J connectivity index is 5.17. The number of carboxylic acid groups (broad SMARTS) is 1. The summed E-state index contributed by atoms with van der Waals surface area (Å²) in [7, 11) is 0. The second kappa shape index (κ2) is 12.8. The molecule has 0 aliphatic rings. The number of nitrogens with one attached hydrogen (secondary N) is 3. The van der Waals surface area contributed by atoms with E-state index in [0.29, 0.717) is 6.42 Å². The number of amides is 4. The Labute approximate surface area is 175 Å². The van der Waals surface area contributed by atoms with Crippen LogP contribution in [-0.2, 0) is 24.0 Å². The summed E-state index contributed by atoms with van der Waals surface area (Å²) in [6.45, 7) is 6.12. The molecule has 0 fully saturated rings. The van der Waals surface area contributed by atoms with E-state index in [2.05, 4.69) is 16.0 Å². The van der Waals surface area contributed by atoms with Gasteiger partial charge in [0.05, 0.1) is 12.1 Å². The number of carbonyl (C=O) groups excluding carboxylic acids is 4. The molecular formula is C18H33N5O7. The third-order valence-corrected chi connectivity index (χ3v) is 4.67. The lowest BCUT2D eigenvalue weighted by Gasteiger charge is -2.25. The summed E-state index contributed by atoms with van der Waals surface area (Å²) in [5.74, 6) is -4.49. The van der Waals surface area contributed by atoms with Crippen molar-refractivity contribution in [1.29, 1.82) is 0 Å². The third-order valence-electron chi connectivity index (χ3n) is 4.67. The van der Waals surface area contributed by atoms with Crippen LogP contribution >= 0.6 is 0 Å². The van der Waals surface area contributed by atoms with Crippen molar-refractivity contribution in [3.63, 3.8) is 0 Å². The highest BCUT2D eigenvalue weighted by Gasteiger charge is 2.30. The first-order valence-electron chi connectivity index (χ1n) is 9.67. The Kier molecular flexibility index (Phi) is 11.6. The normalized spacial score (nSPS) is 16.9. The van der Waals surface area contributed by atoms with Crippen molar-refractivity contribution in [2.45, 2.75) is 77.2 Å². The van der Waals surface area contributed by atoms with Crippen molar-refractivity contribution < 1.29 is 34.2 Å². The van der Waals surface area contributed by atoms with Crippen LogP contribution in [0.5, 0.6) is 0 Å². The molecule has 6 unspecified atom stereocenters. The molecule has 0 rings (SSSR count). The van der Waals surface area contributed by atoms with Gasteiger partial charge in [-0.1, -0.05) is 20.3 Å². The Bertz CT molecular complexity index is 640. The van der Waals surface area contributed by atoms with Crippen molar-refractivity contribution >= 4 is 29.6 Å². The van der Waals surface area contributed by atoms with Gasteiger partial charge >= 0.3 is 5.97 Å². The smallest absolute Gasteiger partial charge is 0.328 e. The lowest BCUT2D eigenvalue weighted by Crippen LogP contribution is -2.58. The second-order valence-electron chi connectivity index (χ2n) is 7.27. The Morgan fingerprint density at radius 2 is 1.50 bits per heavy atom. The van der Waals surface area contributed by atoms with Gasteiger partial charge in [-0.15, -0.1) is 0 Å². The number of primary amides is 1. The summed E-state index contributed by atoms with van der Waals surface area (Å²) in [6.07, 6.45) is -1.03. The number of aliphatic carboxylic acids is 1. The molecule has 30 heavy (non-hydrogen) atoms. The summed E-state index contributed by atoms with van der Waals surface area (Å²) in [4.78, 5) is 59.2. The molecule has 0 aromatic rings. The molecule has 4 amide bonds. The van der Waals surface area contributed by atoms with Crippen LogP contribution in [0.2, 0.25) is 0 Å². The fraction of sp³-hybridized carbons (Fsp3) is 0.722. The SMILES string of the molecule is CCC(C)C(N)C(=O)NC(CCC(N)=O)C(=O)NC(C)C(=O)NC(C(=O)O)C(C)O. The van der Waals surface area contributed by atoms with Crippen LogP contribution in [0.15, 0.2) is 0 Å². The van der Waals surface area contributed by atoms with Gasteiger partial charge in [-0.05, 0) is 26.2 Å². The minimum atomic E-state index is -1.56.